The number of morpholine rings is 1. The molecule has 2 heterocycles. The van der Waals surface area contributed by atoms with E-state index in [-0.39, 0.29) is 12.1 Å². The van der Waals surface area contributed by atoms with Gasteiger partial charge >= 0.3 is 6.03 Å². The van der Waals surface area contributed by atoms with Crippen molar-refractivity contribution in [3.8, 4) is 5.75 Å². The van der Waals surface area contributed by atoms with Crippen LogP contribution in [0.1, 0.15) is 6.42 Å². The van der Waals surface area contributed by atoms with E-state index in [1.54, 1.807) is 7.11 Å². The second-order valence-electron chi connectivity index (χ2n) is 6.37. The van der Waals surface area contributed by atoms with Crippen LogP contribution in [0.5, 0.6) is 5.75 Å². The maximum absolute atomic E-state index is 12.3. The molecule has 3 rings (SSSR count). The average molecular weight is 349 g/mol. The van der Waals surface area contributed by atoms with Gasteiger partial charge in [0.15, 0.2) is 0 Å². The van der Waals surface area contributed by atoms with Crippen LogP contribution in [0.4, 0.5) is 10.5 Å². The summed E-state index contributed by atoms with van der Waals surface area (Å²) in [5.74, 6) is 1.09. The van der Waals surface area contributed by atoms with Gasteiger partial charge in [-0.2, -0.15) is 0 Å². The molecule has 2 aliphatic heterocycles. The zero-order chi connectivity index (χ0) is 17.5. The fraction of sp³-hybridized carbons (Fsp3) is 0.611. The predicted molar refractivity (Wildman–Crippen MR) is 95.1 cm³/mol. The summed E-state index contributed by atoms with van der Waals surface area (Å²) in [6.07, 6.45) is 1.04. The molecule has 0 aromatic heterocycles. The highest BCUT2D eigenvalue weighted by atomic mass is 16.5. The van der Waals surface area contributed by atoms with Gasteiger partial charge in [-0.25, -0.2) is 4.79 Å². The molecule has 0 radical (unpaired) electrons. The van der Waals surface area contributed by atoms with Gasteiger partial charge in [0.05, 0.1) is 32.6 Å². The van der Waals surface area contributed by atoms with Crippen molar-refractivity contribution in [3.63, 3.8) is 0 Å². The zero-order valence-corrected chi connectivity index (χ0v) is 14.7. The van der Waals surface area contributed by atoms with Crippen LogP contribution in [0.25, 0.3) is 0 Å². The first-order valence-electron chi connectivity index (χ1n) is 8.85. The fourth-order valence-electron chi connectivity index (χ4n) is 3.47. The molecule has 1 aromatic carbocycles. The number of para-hydroxylation sites is 2. The second kappa shape index (κ2) is 9.03. The maximum atomic E-state index is 12.3. The first kappa shape index (κ1) is 18.0. The maximum Gasteiger partial charge on any atom is 0.319 e. The van der Waals surface area contributed by atoms with Gasteiger partial charge in [-0.3, -0.25) is 4.90 Å². The highest BCUT2D eigenvalue weighted by molar-refractivity contribution is 5.90. The molecule has 1 aromatic rings. The molecule has 25 heavy (non-hydrogen) atoms. The van der Waals surface area contributed by atoms with Crippen molar-refractivity contribution in [1.82, 2.24) is 10.2 Å². The van der Waals surface area contributed by atoms with E-state index in [0.29, 0.717) is 23.9 Å². The van der Waals surface area contributed by atoms with Crippen LogP contribution in [0.15, 0.2) is 24.3 Å². The lowest BCUT2D eigenvalue weighted by atomic mass is 9.97. The minimum absolute atomic E-state index is 0.221. The Morgan fingerprint density at radius 2 is 2.08 bits per heavy atom. The number of hydrogen-bond acceptors (Lipinski definition) is 5. The molecular formula is C18H27N3O4. The van der Waals surface area contributed by atoms with Crippen LogP contribution in [0.2, 0.25) is 0 Å². The van der Waals surface area contributed by atoms with Crippen LogP contribution in [-0.4, -0.2) is 70.1 Å². The van der Waals surface area contributed by atoms with Gasteiger partial charge in [0.2, 0.25) is 0 Å². The molecule has 0 saturated carbocycles. The molecule has 7 heteroatoms. The zero-order valence-electron chi connectivity index (χ0n) is 14.7. The summed E-state index contributed by atoms with van der Waals surface area (Å²) in [7, 11) is 1.59. The number of methoxy groups -OCH3 is 1. The van der Waals surface area contributed by atoms with Crippen molar-refractivity contribution < 1.29 is 19.0 Å². The smallest absolute Gasteiger partial charge is 0.319 e. The van der Waals surface area contributed by atoms with E-state index in [9.17, 15) is 4.79 Å². The highest BCUT2D eigenvalue weighted by Gasteiger charge is 2.31. The molecule has 0 aliphatic carbocycles. The third-order valence-electron chi connectivity index (χ3n) is 4.85. The first-order chi connectivity index (χ1) is 12.3. The summed E-state index contributed by atoms with van der Waals surface area (Å²) >= 11 is 0. The van der Waals surface area contributed by atoms with Crippen molar-refractivity contribution in [2.24, 2.45) is 5.92 Å². The summed E-state index contributed by atoms with van der Waals surface area (Å²) in [6, 6.07) is 7.43. The predicted octanol–water partition coefficient (Wildman–Crippen LogP) is 1.55. The largest absolute Gasteiger partial charge is 0.495 e. The van der Waals surface area contributed by atoms with E-state index in [1.165, 1.54) is 0 Å². The van der Waals surface area contributed by atoms with E-state index in [1.807, 2.05) is 24.3 Å². The Labute approximate surface area is 148 Å². The number of carbonyl (C=O) groups excluding carboxylic acids is 1. The number of hydrogen-bond donors (Lipinski definition) is 2. The van der Waals surface area contributed by atoms with E-state index < -0.39 is 0 Å². The summed E-state index contributed by atoms with van der Waals surface area (Å²) in [5, 5.41) is 5.87. The van der Waals surface area contributed by atoms with Crippen LogP contribution < -0.4 is 15.4 Å². The van der Waals surface area contributed by atoms with Gasteiger partial charge < -0.3 is 24.8 Å². The Kier molecular flexibility index (Phi) is 6.49. The monoisotopic (exact) mass is 349 g/mol. The fourth-order valence-corrected chi connectivity index (χ4v) is 3.47. The van der Waals surface area contributed by atoms with Crippen LogP contribution in [0, 0.1) is 5.92 Å². The van der Waals surface area contributed by atoms with Crippen LogP contribution >= 0.6 is 0 Å². The molecule has 0 unspecified atom stereocenters. The van der Waals surface area contributed by atoms with Crippen molar-refractivity contribution in [2.75, 3.05) is 58.5 Å². The number of ether oxygens (including phenoxy) is 3. The molecule has 2 N–H and O–H groups in total. The Balaban J connectivity index is 1.57. The normalized spacial score (nSPS) is 22.4. The summed E-state index contributed by atoms with van der Waals surface area (Å²) in [6.45, 7) is 5.45. The Morgan fingerprint density at radius 1 is 1.28 bits per heavy atom. The van der Waals surface area contributed by atoms with Crippen molar-refractivity contribution >= 4 is 11.7 Å². The number of urea groups is 1. The molecule has 0 spiro atoms. The molecule has 0 bridgehead atoms. The molecule has 2 aliphatic rings. The van der Waals surface area contributed by atoms with E-state index in [0.717, 1.165) is 45.9 Å². The van der Waals surface area contributed by atoms with Gasteiger partial charge in [0, 0.05) is 38.2 Å². The number of rotatable bonds is 6. The SMILES string of the molecule is COc1ccccc1NC(=O)NC[C@H]([C@H]1CCOC1)N1CCOCC1. The first-order valence-corrected chi connectivity index (χ1v) is 8.85. The van der Waals surface area contributed by atoms with E-state index in [2.05, 4.69) is 15.5 Å². The van der Waals surface area contributed by atoms with Gasteiger partial charge in [-0.15, -0.1) is 0 Å². The molecule has 2 atom stereocenters. The number of anilines is 1. The van der Waals surface area contributed by atoms with Gasteiger partial charge in [-0.1, -0.05) is 12.1 Å². The Bertz CT molecular complexity index is 557. The third kappa shape index (κ3) is 4.84. The van der Waals surface area contributed by atoms with E-state index >= 15 is 0 Å². The molecule has 2 amide bonds. The van der Waals surface area contributed by atoms with E-state index in [4.69, 9.17) is 14.2 Å². The molecule has 2 saturated heterocycles. The van der Waals surface area contributed by atoms with Gasteiger partial charge in [0.1, 0.15) is 5.75 Å². The van der Waals surface area contributed by atoms with Crippen molar-refractivity contribution in [2.45, 2.75) is 12.5 Å². The standard InChI is InChI=1S/C18H27N3O4/c1-23-17-5-3-2-4-15(17)20-18(22)19-12-16(14-6-9-25-13-14)21-7-10-24-11-8-21/h2-5,14,16H,6-13H2,1H3,(H2,19,20,22)/t14-,16+/m0/s1. The van der Waals surface area contributed by atoms with Gasteiger partial charge in [-0.05, 0) is 18.6 Å². The molecule has 2 fully saturated rings. The Morgan fingerprint density at radius 3 is 2.80 bits per heavy atom. The number of nitrogens with one attached hydrogen (secondary N) is 2. The quantitative estimate of drug-likeness (QED) is 0.815. The minimum atomic E-state index is -0.221. The van der Waals surface area contributed by atoms with Crippen LogP contribution in [-0.2, 0) is 9.47 Å². The van der Waals surface area contributed by atoms with Crippen LogP contribution in [0.3, 0.4) is 0 Å². The summed E-state index contributed by atoms with van der Waals surface area (Å²) in [5.41, 5.74) is 0.662. The lowest BCUT2D eigenvalue weighted by Gasteiger charge is -2.37. The van der Waals surface area contributed by atoms with Crippen molar-refractivity contribution in [1.29, 1.82) is 0 Å². The lowest BCUT2D eigenvalue weighted by Crippen LogP contribution is -2.52. The van der Waals surface area contributed by atoms with Gasteiger partial charge in [0.25, 0.3) is 0 Å². The van der Waals surface area contributed by atoms with Crippen molar-refractivity contribution in [3.05, 3.63) is 24.3 Å². The Hall–Kier alpha value is -1.83. The number of nitrogens with zero attached hydrogens (tertiary/aromatic N) is 1. The third-order valence-corrected chi connectivity index (χ3v) is 4.85. The molecule has 7 nitrogen and oxygen atoms in total. The summed E-state index contributed by atoms with van der Waals surface area (Å²) in [4.78, 5) is 14.7. The molecule has 138 valence electrons. The number of benzene rings is 1. The second-order valence-corrected chi connectivity index (χ2v) is 6.37. The highest BCUT2D eigenvalue weighted by Crippen LogP contribution is 2.24. The average Bonchev–Trinajstić information content (AvgIpc) is 3.18. The number of amides is 2. The minimum Gasteiger partial charge on any atom is -0.495 e. The summed E-state index contributed by atoms with van der Waals surface area (Å²) < 4.78 is 16.3. The number of carbonyl (C=O) groups is 1. The lowest BCUT2D eigenvalue weighted by molar-refractivity contribution is 0.00222. The topological polar surface area (TPSA) is 72.1 Å². The molecular weight excluding hydrogens is 322 g/mol.